The highest BCUT2D eigenvalue weighted by atomic mass is 16.3. The molecule has 3 rings (SSSR count). The van der Waals surface area contributed by atoms with Gasteiger partial charge in [0.1, 0.15) is 17.8 Å². The molecular weight excluding hydrogens is 250 g/mol. The van der Waals surface area contributed by atoms with Crippen molar-refractivity contribution < 1.29 is 5.11 Å². The maximum atomic E-state index is 10.7. The third-order valence-electron chi connectivity index (χ3n) is 4.07. The first kappa shape index (κ1) is 12.8. The quantitative estimate of drug-likeness (QED) is 0.904. The van der Waals surface area contributed by atoms with Crippen LogP contribution in [0.5, 0.6) is 0 Å². The molecule has 0 amide bonds. The first-order chi connectivity index (χ1) is 9.78. The molecule has 0 radical (unpaired) electrons. The van der Waals surface area contributed by atoms with Crippen molar-refractivity contribution in [3.63, 3.8) is 0 Å². The Morgan fingerprint density at radius 2 is 2.15 bits per heavy atom. The Bertz CT molecular complexity index is 650. The number of nitrogens with zero attached hydrogens (tertiary/aromatic N) is 3. The van der Waals surface area contributed by atoms with Crippen molar-refractivity contribution in [2.45, 2.75) is 30.8 Å². The molecule has 1 aromatic carbocycles. The molecule has 20 heavy (non-hydrogen) atoms. The Hall–Kier alpha value is -2.25. The fraction of sp³-hybridized carbons (Fsp3) is 0.312. The summed E-state index contributed by atoms with van der Waals surface area (Å²) in [6.07, 6.45) is 4.55. The molecule has 1 heterocycles. The van der Waals surface area contributed by atoms with Crippen molar-refractivity contribution in [3.8, 4) is 6.07 Å². The lowest BCUT2D eigenvalue weighted by Gasteiger charge is -2.36. The lowest BCUT2D eigenvalue weighted by Crippen LogP contribution is -2.36. The number of aliphatic hydroxyl groups is 1. The van der Waals surface area contributed by atoms with Crippen molar-refractivity contribution in [2.75, 3.05) is 0 Å². The molecule has 2 atom stereocenters. The van der Waals surface area contributed by atoms with Gasteiger partial charge >= 0.3 is 0 Å². The second kappa shape index (κ2) is 5.03. The van der Waals surface area contributed by atoms with E-state index >= 15 is 0 Å². The Morgan fingerprint density at radius 3 is 2.90 bits per heavy atom. The lowest BCUT2D eigenvalue weighted by molar-refractivity contribution is 0.0954. The number of hydrogen-bond donors (Lipinski definition) is 1. The zero-order valence-corrected chi connectivity index (χ0v) is 11.0. The number of nitriles is 1. The Balaban J connectivity index is 2.12. The SMILES string of the molecule is N#CC1(C(O)c2ccncn2)CCCc2ccccc21. The molecule has 0 spiro atoms. The van der Waals surface area contributed by atoms with Crippen LogP contribution in [-0.4, -0.2) is 15.1 Å². The molecular formula is C16H15N3O. The molecule has 4 heteroatoms. The predicted octanol–water partition coefficient (Wildman–Crippen LogP) is 2.31. The summed E-state index contributed by atoms with van der Waals surface area (Å²) in [6, 6.07) is 11.9. The van der Waals surface area contributed by atoms with Gasteiger partial charge in [0, 0.05) is 6.20 Å². The third-order valence-corrected chi connectivity index (χ3v) is 4.07. The summed E-state index contributed by atoms with van der Waals surface area (Å²) in [6.45, 7) is 0. The fourth-order valence-corrected chi connectivity index (χ4v) is 3.04. The summed E-state index contributed by atoms with van der Waals surface area (Å²) in [5, 5.41) is 20.5. The minimum absolute atomic E-state index is 0.498. The number of rotatable bonds is 2. The summed E-state index contributed by atoms with van der Waals surface area (Å²) in [4.78, 5) is 7.97. The molecule has 2 unspecified atom stereocenters. The minimum atomic E-state index is -0.933. The van der Waals surface area contributed by atoms with Crippen molar-refractivity contribution in [1.82, 2.24) is 9.97 Å². The van der Waals surface area contributed by atoms with Crippen LogP contribution in [0.15, 0.2) is 42.9 Å². The maximum absolute atomic E-state index is 10.7. The summed E-state index contributed by atoms with van der Waals surface area (Å²) in [5.41, 5.74) is 1.66. The van der Waals surface area contributed by atoms with E-state index in [1.807, 2.05) is 24.3 Å². The average molecular weight is 265 g/mol. The third kappa shape index (κ3) is 1.87. The van der Waals surface area contributed by atoms with Gasteiger partial charge in [0.25, 0.3) is 0 Å². The monoisotopic (exact) mass is 265 g/mol. The van der Waals surface area contributed by atoms with E-state index in [4.69, 9.17) is 0 Å². The molecule has 0 saturated carbocycles. The largest absolute Gasteiger partial charge is 0.385 e. The molecule has 0 bridgehead atoms. The van der Waals surface area contributed by atoms with E-state index in [2.05, 4.69) is 16.0 Å². The van der Waals surface area contributed by atoms with Crippen LogP contribution in [-0.2, 0) is 11.8 Å². The van der Waals surface area contributed by atoms with Crippen molar-refractivity contribution in [1.29, 1.82) is 5.26 Å². The lowest BCUT2D eigenvalue weighted by atomic mass is 9.67. The van der Waals surface area contributed by atoms with Gasteiger partial charge < -0.3 is 5.11 Å². The van der Waals surface area contributed by atoms with Crippen LogP contribution < -0.4 is 0 Å². The van der Waals surface area contributed by atoms with E-state index < -0.39 is 11.5 Å². The molecule has 0 saturated heterocycles. The number of aromatic nitrogens is 2. The van der Waals surface area contributed by atoms with Crippen molar-refractivity contribution >= 4 is 0 Å². The Kier molecular flexibility index (Phi) is 3.21. The predicted molar refractivity (Wildman–Crippen MR) is 73.7 cm³/mol. The van der Waals surface area contributed by atoms with E-state index in [9.17, 15) is 10.4 Å². The van der Waals surface area contributed by atoms with Crippen LogP contribution in [0.25, 0.3) is 0 Å². The number of fused-ring (bicyclic) bond motifs is 1. The van der Waals surface area contributed by atoms with Gasteiger partial charge in [-0.1, -0.05) is 24.3 Å². The summed E-state index contributed by atoms with van der Waals surface area (Å²) in [5.74, 6) is 0. The highest BCUT2D eigenvalue weighted by Gasteiger charge is 2.44. The Morgan fingerprint density at radius 1 is 1.30 bits per heavy atom. The molecule has 4 nitrogen and oxygen atoms in total. The normalized spacial score (nSPS) is 22.6. The molecule has 0 fully saturated rings. The number of aryl methyl sites for hydroxylation is 1. The topological polar surface area (TPSA) is 69.8 Å². The van der Waals surface area contributed by atoms with Crippen LogP contribution in [0.2, 0.25) is 0 Å². The summed E-state index contributed by atoms with van der Waals surface area (Å²) < 4.78 is 0. The van der Waals surface area contributed by atoms with Crippen LogP contribution in [0, 0.1) is 11.3 Å². The first-order valence-corrected chi connectivity index (χ1v) is 6.71. The number of aliphatic hydroxyl groups excluding tert-OH is 1. The second-order valence-corrected chi connectivity index (χ2v) is 5.13. The fourth-order valence-electron chi connectivity index (χ4n) is 3.04. The maximum Gasteiger partial charge on any atom is 0.119 e. The van der Waals surface area contributed by atoms with Gasteiger partial charge in [0.05, 0.1) is 11.8 Å². The number of benzene rings is 1. The molecule has 100 valence electrons. The van der Waals surface area contributed by atoms with Gasteiger partial charge in [-0.2, -0.15) is 5.26 Å². The van der Waals surface area contributed by atoms with Crippen LogP contribution in [0.3, 0.4) is 0 Å². The smallest absolute Gasteiger partial charge is 0.119 e. The van der Waals surface area contributed by atoms with Gasteiger partial charge in [0.15, 0.2) is 0 Å². The van der Waals surface area contributed by atoms with E-state index in [1.165, 1.54) is 6.33 Å². The highest BCUT2D eigenvalue weighted by Crippen LogP contribution is 2.45. The van der Waals surface area contributed by atoms with Gasteiger partial charge in [-0.15, -0.1) is 0 Å². The first-order valence-electron chi connectivity index (χ1n) is 6.71. The molecule has 2 aromatic rings. The van der Waals surface area contributed by atoms with E-state index in [0.29, 0.717) is 12.1 Å². The number of hydrogen-bond acceptors (Lipinski definition) is 4. The van der Waals surface area contributed by atoms with E-state index in [1.54, 1.807) is 12.3 Å². The highest BCUT2D eigenvalue weighted by molar-refractivity contribution is 5.44. The minimum Gasteiger partial charge on any atom is -0.385 e. The summed E-state index contributed by atoms with van der Waals surface area (Å²) >= 11 is 0. The van der Waals surface area contributed by atoms with Crippen molar-refractivity contribution in [2.24, 2.45) is 0 Å². The average Bonchev–Trinajstić information content (AvgIpc) is 2.54. The molecule has 1 N–H and O–H groups in total. The van der Waals surface area contributed by atoms with E-state index in [0.717, 1.165) is 24.0 Å². The van der Waals surface area contributed by atoms with E-state index in [-0.39, 0.29) is 0 Å². The summed E-state index contributed by atoms with van der Waals surface area (Å²) in [7, 11) is 0. The van der Waals surface area contributed by atoms with Crippen molar-refractivity contribution in [3.05, 3.63) is 59.7 Å². The Labute approximate surface area is 117 Å². The molecule has 0 aliphatic heterocycles. The second-order valence-electron chi connectivity index (χ2n) is 5.13. The van der Waals surface area contributed by atoms with Gasteiger partial charge in [-0.25, -0.2) is 9.97 Å². The molecule has 1 aliphatic rings. The standard InChI is InChI=1S/C16H15N3O/c17-10-16(15(20)14-7-9-18-11-19-14)8-3-5-12-4-1-2-6-13(12)16/h1-2,4,6-7,9,11,15,20H,3,5,8H2. The van der Waals surface area contributed by atoms with Gasteiger partial charge in [-0.05, 0) is 36.5 Å². The van der Waals surface area contributed by atoms with Crippen LogP contribution in [0.1, 0.15) is 35.8 Å². The van der Waals surface area contributed by atoms with Gasteiger partial charge in [0.2, 0.25) is 0 Å². The van der Waals surface area contributed by atoms with Crippen LogP contribution in [0.4, 0.5) is 0 Å². The molecule has 1 aromatic heterocycles. The zero-order chi connectivity index (χ0) is 14.0. The molecule has 1 aliphatic carbocycles. The van der Waals surface area contributed by atoms with Crippen LogP contribution >= 0.6 is 0 Å². The zero-order valence-electron chi connectivity index (χ0n) is 11.0. The van der Waals surface area contributed by atoms with Gasteiger partial charge in [-0.3, -0.25) is 0 Å².